The maximum atomic E-state index is 13.0. The fraction of sp³-hybridized carbons (Fsp3) is 0.550. The monoisotopic (exact) mass is 385 g/mol. The zero-order chi connectivity index (χ0) is 19.5. The van der Waals surface area contributed by atoms with Crippen molar-refractivity contribution in [1.82, 2.24) is 15.2 Å². The molecule has 8 heteroatoms. The predicted molar refractivity (Wildman–Crippen MR) is 106 cm³/mol. The van der Waals surface area contributed by atoms with Crippen molar-refractivity contribution in [3.05, 3.63) is 24.3 Å². The number of piperidine rings is 1. The highest BCUT2D eigenvalue weighted by atomic mass is 16.4. The number of nitrogens with zero attached hydrogens (tertiary/aromatic N) is 3. The van der Waals surface area contributed by atoms with E-state index < -0.39 is 0 Å². The molecule has 2 atom stereocenters. The molecule has 0 radical (unpaired) electrons. The molecule has 0 bridgehead atoms. The van der Waals surface area contributed by atoms with Crippen LogP contribution in [0.15, 0.2) is 28.7 Å². The van der Waals surface area contributed by atoms with Crippen LogP contribution in [0.2, 0.25) is 0 Å². The Morgan fingerprint density at radius 3 is 2.89 bits per heavy atom. The lowest BCUT2D eigenvalue weighted by Crippen LogP contribution is -2.52. The Morgan fingerprint density at radius 1 is 1.21 bits per heavy atom. The summed E-state index contributed by atoms with van der Waals surface area (Å²) in [6.45, 7) is 3.05. The summed E-state index contributed by atoms with van der Waals surface area (Å²) >= 11 is 0. The molecule has 0 spiro atoms. The second-order valence-corrected chi connectivity index (χ2v) is 7.68. The molecule has 0 unspecified atom stereocenters. The molecule has 2 saturated heterocycles. The molecule has 2 amide bonds. The second kappa shape index (κ2) is 8.18. The highest BCUT2D eigenvalue weighted by Gasteiger charge is 2.34. The largest absolute Gasteiger partial charge is 0.423 e. The zero-order valence-corrected chi connectivity index (χ0v) is 16.0. The minimum Gasteiger partial charge on any atom is -0.423 e. The number of nitrogens with two attached hydrogens (primary N) is 1. The van der Waals surface area contributed by atoms with Crippen LogP contribution in [0.3, 0.4) is 0 Å². The molecule has 2 aliphatic heterocycles. The third-order valence-electron chi connectivity index (χ3n) is 5.63. The molecular formula is C20H27N5O3. The van der Waals surface area contributed by atoms with Crippen LogP contribution in [0.25, 0.3) is 11.1 Å². The number of para-hydroxylation sites is 2. The Hall–Kier alpha value is -2.61. The molecule has 1 aromatic heterocycles. The van der Waals surface area contributed by atoms with Crippen LogP contribution < -0.4 is 16.0 Å². The van der Waals surface area contributed by atoms with Crippen LogP contribution in [-0.4, -0.2) is 60.0 Å². The van der Waals surface area contributed by atoms with Crippen molar-refractivity contribution >= 4 is 28.9 Å². The molecule has 2 aromatic rings. The molecule has 2 fully saturated rings. The fourth-order valence-electron chi connectivity index (χ4n) is 4.14. The number of oxazole rings is 1. The Bertz CT molecular complexity index is 818. The number of fused-ring (bicyclic) bond motifs is 1. The number of anilines is 1. The molecule has 0 saturated carbocycles. The van der Waals surface area contributed by atoms with E-state index in [1.54, 1.807) is 0 Å². The van der Waals surface area contributed by atoms with Gasteiger partial charge in [0, 0.05) is 38.6 Å². The number of aromatic nitrogens is 1. The first-order valence-corrected chi connectivity index (χ1v) is 10.0. The fourth-order valence-corrected chi connectivity index (χ4v) is 4.14. The summed E-state index contributed by atoms with van der Waals surface area (Å²) in [4.78, 5) is 32.7. The lowest BCUT2D eigenvalue weighted by atomic mass is 10.0. The van der Waals surface area contributed by atoms with Crippen LogP contribution in [0.5, 0.6) is 0 Å². The number of hydrogen-bond donors (Lipinski definition) is 2. The van der Waals surface area contributed by atoms with E-state index in [9.17, 15) is 9.59 Å². The van der Waals surface area contributed by atoms with Gasteiger partial charge < -0.3 is 25.3 Å². The van der Waals surface area contributed by atoms with E-state index in [4.69, 9.17) is 10.2 Å². The van der Waals surface area contributed by atoms with Crippen molar-refractivity contribution < 1.29 is 14.0 Å². The smallest absolute Gasteiger partial charge is 0.299 e. The Kier molecular flexibility index (Phi) is 5.47. The summed E-state index contributed by atoms with van der Waals surface area (Å²) < 4.78 is 5.91. The Morgan fingerprint density at radius 2 is 2.07 bits per heavy atom. The number of carbonyl (C=O) groups is 2. The quantitative estimate of drug-likeness (QED) is 0.776. The molecule has 1 aromatic carbocycles. The minimum atomic E-state index is -0.288. The van der Waals surface area contributed by atoms with E-state index in [0.29, 0.717) is 19.0 Å². The Balaban J connectivity index is 1.40. The number of amides is 2. The van der Waals surface area contributed by atoms with E-state index in [2.05, 4.69) is 15.2 Å². The van der Waals surface area contributed by atoms with Gasteiger partial charge in [-0.05, 0) is 37.8 Å². The highest BCUT2D eigenvalue weighted by Crippen LogP contribution is 2.28. The first-order chi connectivity index (χ1) is 13.6. The average molecular weight is 385 g/mol. The van der Waals surface area contributed by atoms with E-state index >= 15 is 0 Å². The van der Waals surface area contributed by atoms with Crippen molar-refractivity contribution in [3.63, 3.8) is 0 Å². The van der Waals surface area contributed by atoms with Gasteiger partial charge in [-0.1, -0.05) is 12.1 Å². The SMILES string of the molecule is NC(=O)CCN1CC[C@H](NC(=O)[C@@H]2CCCCN2c2nc3ccccc3o2)C1. The number of nitrogens with one attached hydrogen (secondary N) is 1. The van der Waals surface area contributed by atoms with Gasteiger partial charge in [-0.25, -0.2) is 0 Å². The second-order valence-electron chi connectivity index (χ2n) is 7.68. The number of primary amides is 1. The topological polar surface area (TPSA) is 105 Å². The lowest BCUT2D eigenvalue weighted by molar-refractivity contribution is -0.123. The standard InChI is InChI=1S/C20H27N5O3/c21-18(26)9-12-24-11-8-14(13-24)22-19(27)16-6-3-4-10-25(16)20-23-15-5-1-2-7-17(15)28-20/h1-2,5,7,14,16H,3-4,6,8-13H2,(H2,21,26)(H,22,27)/t14-,16-/m0/s1. The van der Waals surface area contributed by atoms with Crippen LogP contribution in [0.4, 0.5) is 6.01 Å². The average Bonchev–Trinajstić information content (AvgIpc) is 3.33. The zero-order valence-electron chi connectivity index (χ0n) is 16.0. The maximum Gasteiger partial charge on any atom is 0.299 e. The van der Waals surface area contributed by atoms with Gasteiger partial charge in [0.1, 0.15) is 11.6 Å². The highest BCUT2D eigenvalue weighted by molar-refractivity contribution is 5.85. The summed E-state index contributed by atoms with van der Waals surface area (Å²) in [5, 5.41) is 3.19. The third-order valence-corrected chi connectivity index (χ3v) is 5.63. The number of rotatable bonds is 6. The van der Waals surface area contributed by atoms with E-state index in [0.717, 1.165) is 56.4 Å². The van der Waals surface area contributed by atoms with E-state index in [-0.39, 0.29) is 23.9 Å². The first kappa shape index (κ1) is 18.7. The van der Waals surface area contributed by atoms with Crippen molar-refractivity contribution in [2.75, 3.05) is 31.1 Å². The molecule has 8 nitrogen and oxygen atoms in total. The van der Waals surface area contributed by atoms with E-state index in [1.807, 2.05) is 29.2 Å². The van der Waals surface area contributed by atoms with Crippen LogP contribution in [-0.2, 0) is 9.59 Å². The molecule has 3 N–H and O–H groups in total. The molecule has 0 aliphatic carbocycles. The molecule has 4 rings (SSSR count). The van der Waals surface area contributed by atoms with Crippen LogP contribution >= 0.6 is 0 Å². The third kappa shape index (κ3) is 4.11. The van der Waals surface area contributed by atoms with Gasteiger partial charge in [0.05, 0.1) is 0 Å². The predicted octanol–water partition coefficient (Wildman–Crippen LogP) is 1.25. The summed E-state index contributed by atoms with van der Waals surface area (Å²) in [5.41, 5.74) is 6.77. The first-order valence-electron chi connectivity index (χ1n) is 10.0. The van der Waals surface area contributed by atoms with Gasteiger partial charge in [-0.2, -0.15) is 4.98 Å². The lowest BCUT2D eigenvalue weighted by Gasteiger charge is -2.34. The molecule has 3 heterocycles. The number of benzene rings is 1. The van der Waals surface area contributed by atoms with Gasteiger partial charge >= 0.3 is 0 Å². The van der Waals surface area contributed by atoms with Crippen molar-refractivity contribution in [1.29, 1.82) is 0 Å². The Labute approximate surface area is 164 Å². The van der Waals surface area contributed by atoms with Gasteiger partial charge in [-0.15, -0.1) is 0 Å². The van der Waals surface area contributed by atoms with Gasteiger partial charge in [0.15, 0.2) is 5.58 Å². The molecule has 150 valence electrons. The van der Waals surface area contributed by atoms with E-state index in [1.165, 1.54) is 0 Å². The van der Waals surface area contributed by atoms with Crippen molar-refractivity contribution in [2.24, 2.45) is 5.73 Å². The summed E-state index contributed by atoms with van der Waals surface area (Å²) in [7, 11) is 0. The van der Waals surface area contributed by atoms with Crippen LogP contribution in [0.1, 0.15) is 32.1 Å². The maximum absolute atomic E-state index is 13.0. The molecule has 2 aliphatic rings. The summed E-state index contributed by atoms with van der Waals surface area (Å²) in [5.74, 6) is -0.257. The minimum absolute atomic E-state index is 0.0312. The number of likely N-dealkylation sites (tertiary alicyclic amines) is 1. The molecular weight excluding hydrogens is 358 g/mol. The van der Waals surface area contributed by atoms with Gasteiger partial charge in [-0.3, -0.25) is 9.59 Å². The number of carbonyl (C=O) groups excluding carboxylic acids is 2. The summed E-state index contributed by atoms with van der Waals surface area (Å²) in [6, 6.07) is 8.02. The van der Waals surface area contributed by atoms with Gasteiger partial charge in [0.2, 0.25) is 11.8 Å². The van der Waals surface area contributed by atoms with Crippen molar-refractivity contribution in [3.8, 4) is 0 Å². The number of hydrogen-bond acceptors (Lipinski definition) is 6. The summed E-state index contributed by atoms with van der Waals surface area (Å²) in [6.07, 6.45) is 4.08. The van der Waals surface area contributed by atoms with Crippen molar-refractivity contribution in [2.45, 2.75) is 44.2 Å². The van der Waals surface area contributed by atoms with Gasteiger partial charge in [0.25, 0.3) is 6.01 Å². The van der Waals surface area contributed by atoms with Crippen LogP contribution in [0, 0.1) is 0 Å². The molecule has 28 heavy (non-hydrogen) atoms. The normalized spacial score (nSPS) is 23.2.